The van der Waals surface area contributed by atoms with Gasteiger partial charge in [0.25, 0.3) is 6.43 Å². The molecule has 0 atom stereocenters. The fraction of sp³-hybridized carbons (Fsp3) is 1.00. The molecule has 0 aliphatic heterocycles. The number of rotatable bonds is 5. The highest BCUT2D eigenvalue weighted by atomic mass is 19.3. The number of methoxy groups -OCH3 is 1. The van der Waals surface area contributed by atoms with Gasteiger partial charge >= 0.3 is 0 Å². The molecule has 1 rings (SSSR count). The Kier molecular flexibility index (Phi) is 4.93. The predicted molar refractivity (Wildman–Crippen MR) is 56.3 cm³/mol. The van der Waals surface area contributed by atoms with Crippen LogP contribution in [0.2, 0.25) is 0 Å². The van der Waals surface area contributed by atoms with Crippen LogP contribution in [0.1, 0.15) is 39.0 Å². The van der Waals surface area contributed by atoms with E-state index in [9.17, 15) is 8.78 Å². The van der Waals surface area contributed by atoms with Crippen molar-refractivity contribution >= 4 is 0 Å². The number of hydrogen-bond acceptors (Lipinski definition) is 2. The van der Waals surface area contributed by atoms with E-state index in [1.807, 2.05) is 6.92 Å². The molecule has 0 bridgehead atoms. The molecule has 2 nitrogen and oxygen atoms in total. The van der Waals surface area contributed by atoms with E-state index in [4.69, 9.17) is 4.74 Å². The molecule has 0 radical (unpaired) electrons. The lowest BCUT2D eigenvalue weighted by Crippen LogP contribution is -2.54. The number of nitrogens with one attached hydrogen (secondary N) is 1. The van der Waals surface area contributed by atoms with Gasteiger partial charge in [-0.1, -0.05) is 6.92 Å². The molecule has 90 valence electrons. The molecule has 0 heterocycles. The fourth-order valence-corrected chi connectivity index (χ4v) is 2.19. The maximum absolute atomic E-state index is 13.0. The van der Waals surface area contributed by atoms with E-state index in [1.165, 1.54) is 0 Å². The van der Waals surface area contributed by atoms with Crippen molar-refractivity contribution in [2.24, 2.45) is 0 Å². The highest BCUT2D eigenvalue weighted by Gasteiger charge is 2.42. The van der Waals surface area contributed by atoms with Crippen molar-refractivity contribution in [3.8, 4) is 0 Å². The van der Waals surface area contributed by atoms with Gasteiger partial charge in [0.05, 0.1) is 11.6 Å². The standard InChI is InChI=1S/C11H21F2NO/c1-3-8-14-11(10(12)13)6-4-9(15-2)5-7-11/h9-10,14H,3-8H2,1-2H3. The lowest BCUT2D eigenvalue weighted by molar-refractivity contribution is -0.0297. The molecule has 1 aliphatic rings. The molecule has 4 heteroatoms. The summed E-state index contributed by atoms with van der Waals surface area (Å²) < 4.78 is 31.2. The van der Waals surface area contributed by atoms with Crippen LogP contribution in [0, 0.1) is 0 Å². The molecule has 1 aliphatic carbocycles. The molecule has 15 heavy (non-hydrogen) atoms. The summed E-state index contributed by atoms with van der Waals surface area (Å²) in [6.45, 7) is 2.66. The minimum atomic E-state index is -2.28. The van der Waals surface area contributed by atoms with Crippen LogP contribution < -0.4 is 5.32 Å². The van der Waals surface area contributed by atoms with Gasteiger partial charge < -0.3 is 10.1 Å². The minimum Gasteiger partial charge on any atom is -0.381 e. The Hall–Kier alpha value is -0.220. The van der Waals surface area contributed by atoms with E-state index in [2.05, 4.69) is 5.32 Å². The summed E-state index contributed by atoms with van der Waals surface area (Å²) in [4.78, 5) is 0. The zero-order valence-electron chi connectivity index (χ0n) is 9.56. The summed E-state index contributed by atoms with van der Waals surface area (Å²) in [7, 11) is 1.65. The van der Waals surface area contributed by atoms with Gasteiger partial charge in [-0.3, -0.25) is 0 Å². The predicted octanol–water partition coefficient (Wildman–Crippen LogP) is 2.58. The van der Waals surface area contributed by atoms with Gasteiger partial charge in [0.15, 0.2) is 0 Å². The molecule has 0 aromatic rings. The van der Waals surface area contributed by atoms with Gasteiger partial charge in [-0.15, -0.1) is 0 Å². The van der Waals surface area contributed by atoms with Crippen LogP contribution >= 0.6 is 0 Å². The van der Waals surface area contributed by atoms with Gasteiger partial charge in [-0.25, -0.2) is 8.78 Å². The Morgan fingerprint density at radius 3 is 2.40 bits per heavy atom. The van der Waals surface area contributed by atoms with Crippen LogP contribution in [0.25, 0.3) is 0 Å². The smallest absolute Gasteiger partial charge is 0.256 e. The molecule has 0 unspecified atom stereocenters. The Balaban J connectivity index is 2.52. The van der Waals surface area contributed by atoms with Crippen molar-refractivity contribution in [3.63, 3.8) is 0 Å². The normalized spacial score (nSPS) is 32.2. The molecule has 1 saturated carbocycles. The second-order valence-corrected chi connectivity index (χ2v) is 4.32. The second-order valence-electron chi connectivity index (χ2n) is 4.32. The highest BCUT2D eigenvalue weighted by molar-refractivity contribution is 4.95. The molecule has 0 aromatic carbocycles. The summed E-state index contributed by atoms with van der Waals surface area (Å²) in [6.07, 6.45) is 1.28. The van der Waals surface area contributed by atoms with E-state index >= 15 is 0 Å². The zero-order chi connectivity index (χ0) is 11.3. The third kappa shape index (κ3) is 3.11. The summed E-state index contributed by atoms with van der Waals surface area (Å²) >= 11 is 0. The summed E-state index contributed by atoms with van der Waals surface area (Å²) in [5.74, 6) is 0. The Labute approximate surface area is 90.4 Å². The molecular formula is C11H21F2NO. The van der Waals surface area contributed by atoms with Crippen molar-refractivity contribution in [3.05, 3.63) is 0 Å². The van der Waals surface area contributed by atoms with E-state index in [-0.39, 0.29) is 6.10 Å². The molecule has 0 saturated heterocycles. The van der Waals surface area contributed by atoms with Gasteiger partial charge in [-0.2, -0.15) is 0 Å². The van der Waals surface area contributed by atoms with E-state index < -0.39 is 12.0 Å². The molecule has 1 fully saturated rings. The molecule has 0 spiro atoms. The van der Waals surface area contributed by atoms with Crippen LogP contribution in [-0.4, -0.2) is 31.7 Å². The largest absolute Gasteiger partial charge is 0.381 e. The lowest BCUT2D eigenvalue weighted by atomic mass is 9.80. The van der Waals surface area contributed by atoms with Crippen LogP contribution in [0.5, 0.6) is 0 Å². The van der Waals surface area contributed by atoms with Crippen molar-refractivity contribution in [2.45, 2.75) is 57.1 Å². The first-order valence-corrected chi connectivity index (χ1v) is 5.70. The lowest BCUT2D eigenvalue weighted by Gasteiger charge is -2.40. The van der Waals surface area contributed by atoms with Gasteiger partial charge in [0, 0.05) is 7.11 Å². The highest BCUT2D eigenvalue weighted by Crippen LogP contribution is 2.34. The molecule has 1 N–H and O–H groups in total. The first-order valence-electron chi connectivity index (χ1n) is 5.70. The Morgan fingerprint density at radius 1 is 1.40 bits per heavy atom. The number of hydrogen-bond donors (Lipinski definition) is 1. The van der Waals surface area contributed by atoms with E-state index in [1.54, 1.807) is 7.11 Å². The SMILES string of the molecule is CCCNC1(C(F)F)CCC(OC)CC1. The Morgan fingerprint density at radius 2 is 2.00 bits per heavy atom. The van der Waals surface area contributed by atoms with Crippen LogP contribution in [-0.2, 0) is 4.74 Å². The third-order valence-electron chi connectivity index (χ3n) is 3.30. The molecule has 0 aromatic heterocycles. The number of alkyl halides is 2. The Bertz CT molecular complexity index is 179. The third-order valence-corrected chi connectivity index (χ3v) is 3.30. The molecular weight excluding hydrogens is 200 g/mol. The average Bonchev–Trinajstić information content (AvgIpc) is 2.27. The van der Waals surface area contributed by atoms with Gasteiger partial charge in [0.1, 0.15) is 0 Å². The molecule has 0 amide bonds. The number of ether oxygens (including phenoxy) is 1. The van der Waals surface area contributed by atoms with Gasteiger partial charge in [0.2, 0.25) is 0 Å². The van der Waals surface area contributed by atoms with E-state index in [0.717, 1.165) is 19.3 Å². The summed E-state index contributed by atoms with van der Waals surface area (Å²) in [5.41, 5.74) is -0.953. The monoisotopic (exact) mass is 221 g/mol. The minimum absolute atomic E-state index is 0.167. The summed E-state index contributed by atoms with van der Waals surface area (Å²) in [5, 5.41) is 3.02. The van der Waals surface area contributed by atoms with Crippen molar-refractivity contribution in [1.29, 1.82) is 0 Å². The van der Waals surface area contributed by atoms with Crippen molar-refractivity contribution < 1.29 is 13.5 Å². The number of halogens is 2. The topological polar surface area (TPSA) is 21.3 Å². The zero-order valence-corrected chi connectivity index (χ0v) is 9.56. The van der Waals surface area contributed by atoms with Crippen molar-refractivity contribution in [1.82, 2.24) is 5.32 Å². The summed E-state index contributed by atoms with van der Waals surface area (Å²) in [6, 6.07) is 0. The van der Waals surface area contributed by atoms with Gasteiger partial charge in [-0.05, 0) is 38.6 Å². The second kappa shape index (κ2) is 5.75. The average molecular weight is 221 g/mol. The van der Waals surface area contributed by atoms with Crippen LogP contribution in [0.4, 0.5) is 8.78 Å². The maximum Gasteiger partial charge on any atom is 0.256 e. The van der Waals surface area contributed by atoms with Crippen molar-refractivity contribution in [2.75, 3.05) is 13.7 Å². The van der Waals surface area contributed by atoms with Crippen LogP contribution in [0.15, 0.2) is 0 Å². The first kappa shape index (κ1) is 12.8. The van der Waals surface area contributed by atoms with Crippen LogP contribution in [0.3, 0.4) is 0 Å². The van der Waals surface area contributed by atoms with E-state index in [0.29, 0.717) is 19.4 Å². The maximum atomic E-state index is 13.0. The fourth-order valence-electron chi connectivity index (χ4n) is 2.19. The quantitative estimate of drug-likeness (QED) is 0.770. The first-order chi connectivity index (χ1) is 7.14.